The summed E-state index contributed by atoms with van der Waals surface area (Å²) >= 11 is 6.27. The Bertz CT molecular complexity index is 601. The number of fused-ring (bicyclic) bond motifs is 1. The van der Waals surface area contributed by atoms with Gasteiger partial charge in [0.1, 0.15) is 5.69 Å². The van der Waals surface area contributed by atoms with Crippen molar-refractivity contribution in [1.29, 1.82) is 0 Å². The third-order valence-corrected chi connectivity index (χ3v) is 3.23. The lowest BCUT2D eigenvalue weighted by molar-refractivity contribution is 0.0519. The van der Waals surface area contributed by atoms with Crippen LogP contribution in [0.2, 0.25) is 5.02 Å². The molecule has 2 aromatic rings. The number of carbonyl (C=O) groups is 1. The highest BCUT2D eigenvalue weighted by molar-refractivity contribution is 6.36. The van der Waals surface area contributed by atoms with E-state index in [-0.39, 0.29) is 5.97 Å². The monoisotopic (exact) mass is 265 g/mol. The van der Waals surface area contributed by atoms with E-state index in [4.69, 9.17) is 16.3 Å². The van der Waals surface area contributed by atoms with Crippen molar-refractivity contribution >= 4 is 28.5 Å². The second kappa shape index (κ2) is 5.02. The first-order valence-corrected chi connectivity index (χ1v) is 6.44. The molecule has 0 saturated heterocycles. The van der Waals surface area contributed by atoms with E-state index >= 15 is 0 Å². The summed E-state index contributed by atoms with van der Waals surface area (Å²) in [5, 5.41) is 1.60. The second-order valence-corrected chi connectivity index (χ2v) is 4.63. The fourth-order valence-corrected chi connectivity index (χ4v) is 2.60. The van der Waals surface area contributed by atoms with Gasteiger partial charge < -0.3 is 9.72 Å². The third-order valence-electron chi connectivity index (χ3n) is 2.93. The highest BCUT2D eigenvalue weighted by Crippen LogP contribution is 2.31. The molecule has 1 aromatic carbocycles. The molecular weight excluding hydrogens is 250 g/mol. The average molecular weight is 266 g/mol. The SMILES string of the molecule is CCOC(=O)c1[nH]c2cc(C)cc(Cl)c2c1CC. The molecule has 0 bridgehead atoms. The van der Waals surface area contributed by atoms with Gasteiger partial charge in [-0.3, -0.25) is 0 Å². The molecule has 1 heterocycles. The van der Waals surface area contributed by atoms with Gasteiger partial charge in [0.25, 0.3) is 0 Å². The first kappa shape index (κ1) is 13.0. The fraction of sp³-hybridized carbons (Fsp3) is 0.357. The van der Waals surface area contributed by atoms with Crippen molar-refractivity contribution in [2.75, 3.05) is 6.61 Å². The number of aromatic nitrogens is 1. The van der Waals surface area contributed by atoms with Crippen LogP contribution >= 0.6 is 11.6 Å². The molecule has 0 unspecified atom stereocenters. The Kier molecular flexibility index (Phi) is 3.62. The van der Waals surface area contributed by atoms with Crippen molar-refractivity contribution in [3.8, 4) is 0 Å². The summed E-state index contributed by atoms with van der Waals surface area (Å²) in [6.45, 7) is 6.14. The number of hydrogen-bond donors (Lipinski definition) is 1. The number of carbonyl (C=O) groups excluding carboxylic acids is 1. The number of aromatic amines is 1. The number of aryl methyl sites for hydroxylation is 2. The van der Waals surface area contributed by atoms with Crippen LogP contribution in [0.25, 0.3) is 10.9 Å². The van der Waals surface area contributed by atoms with Gasteiger partial charge in [-0.25, -0.2) is 4.79 Å². The van der Waals surface area contributed by atoms with Gasteiger partial charge in [-0.2, -0.15) is 0 Å². The number of ether oxygens (including phenoxy) is 1. The highest BCUT2D eigenvalue weighted by Gasteiger charge is 2.19. The Labute approximate surface area is 111 Å². The Morgan fingerprint density at radius 2 is 2.11 bits per heavy atom. The number of rotatable bonds is 3. The van der Waals surface area contributed by atoms with E-state index in [1.807, 2.05) is 26.0 Å². The minimum absolute atomic E-state index is 0.320. The van der Waals surface area contributed by atoms with E-state index in [1.54, 1.807) is 6.92 Å². The number of H-pyrrole nitrogens is 1. The van der Waals surface area contributed by atoms with Crippen LogP contribution in [0.4, 0.5) is 0 Å². The molecule has 0 fully saturated rings. The average Bonchev–Trinajstić information content (AvgIpc) is 2.67. The molecule has 1 N–H and O–H groups in total. The standard InChI is InChI=1S/C14H16ClNO2/c1-4-9-12-10(15)6-8(3)7-11(12)16-13(9)14(17)18-5-2/h6-7,16H,4-5H2,1-3H3. The number of nitrogens with one attached hydrogen (secondary N) is 1. The fourth-order valence-electron chi connectivity index (χ4n) is 2.21. The first-order valence-electron chi connectivity index (χ1n) is 6.06. The van der Waals surface area contributed by atoms with Gasteiger partial charge in [-0.05, 0) is 43.5 Å². The van der Waals surface area contributed by atoms with Crippen LogP contribution in [0.5, 0.6) is 0 Å². The van der Waals surface area contributed by atoms with Crippen molar-refractivity contribution in [3.63, 3.8) is 0 Å². The minimum atomic E-state index is -0.320. The second-order valence-electron chi connectivity index (χ2n) is 4.22. The van der Waals surface area contributed by atoms with Crippen molar-refractivity contribution < 1.29 is 9.53 Å². The normalized spacial score (nSPS) is 10.9. The summed E-state index contributed by atoms with van der Waals surface area (Å²) in [5.41, 5.74) is 3.39. The molecule has 2 rings (SSSR count). The smallest absolute Gasteiger partial charge is 0.355 e. The van der Waals surface area contributed by atoms with Gasteiger partial charge in [-0.1, -0.05) is 18.5 Å². The highest BCUT2D eigenvalue weighted by atomic mass is 35.5. The van der Waals surface area contributed by atoms with Gasteiger partial charge in [0.05, 0.1) is 11.6 Å². The molecule has 3 nitrogen and oxygen atoms in total. The number of benzene rings is 1. The number of esters is 1. The van der Waals surface area contributed by atoms with E-state index < -0.39 is 0 Å². The molecule has 0 amide bonds. The van der Waals surface area contributed by atoms with E-state index in [1.165, 1.54) is 0 Å². The quantitative estimate of drug-likeness (QED) is 0.856. The molecule has 0 radical (unpaired) electrons. The van der Waals surface area contributed by atoms with Crippen LogP contribution in [-0.4, -0.2) is 17.6 Å². The van der Waals surface area contributed by atoms with Gasteiger partial charge in [0.2, 0.25) is 0 Å². The van der Waals surface area contributed by atoms with Gasteiger partial charge in [0, 0.05) is 10.9 Å². The molecular formula is C14H16ClNO2. The maximum Gasteiger partial charge on any atom is 0.355 e. The molecule has 0 atom stereocenters. The van der Waals surface area contributed by atoms with E-state index in [0.717, 1.165) is 28.5 Å². The van der Waals surface area contributed by atoms with Gasteiger partial charge in [0.15, 0.2) is 0 Å². The van der Waals surface area contributed by atoms with Gasteiger partial charge in [-0.15, -0.1) is 0 Å². The van der Waals surface area contributed by atoms with Crippen LogP contribution in [0, 0.1) is 6.92 Å². The zero-order valence-corrected chi connectivity index (χ0v) is 11.5. The topological polar surface area (TPSA) is 42.1 Å². The van der Waals surface area contributed by atoms with Crippen LogP contribution in [0.1, 0.15) is 35.5 Å². The van der Waals surface area contributed by atoms with Crippen molar-refractivity contribution in [2.45, 2.75) is 27.2 Å². The van der Waals surface area contributed by atoms with E-state index in [2.05, 4.69) is 4.98 Å². The predicted octanol–water partition coefficient (Wildman–Crippen LogP) is 3.87. The largest absolute Gasteiger partial charge is 0.461 e. The Morgan fingerprint density at radius 1 is 1.39 bits per heavy atom. The van der Waals surface area contributed by atoms with Crippen LogP contribution in [0.15, 0.2) is 12.1 Å². The Morgan fingerprint density at radius 3 is 2.72 bits per heavy atom. The summed E-state index contributed by atoms with van der Waals surface area (Å²) in [5.74, 6) is -0.320. The Hall–Kier alpha value is -1.48. The maximum atomic E-state index is 11.9. The maximum absolute atomic E-state index is 11.9. The molecule has 0 spiro atoms. The zero-order valence-electron chi connectivity index (χ0n) is 10.8. The molecule has 0 aliphatic rings. The van der Waals surface area contributed by atoms with Crippen LogP contribution in [-0.2, 0) is 11.2 Å². The third kappa shape index (κ3) is 2.10. The summed E-state index contributed by atoms with van der Waals surface area (Å²) in [4.78, 5) is 15.0. The zero-order chi connectivity index (χ0) is 13.3. The molecule has 18 heavy (non-hydrogen) atoms. The van der Waals surface area contributed by atoms with Crippen molar-refractivity contribution in [3.05, 3.63) is 34.0 Å². The molecule has 96 valence electrons. The predicted molar refractivity (Wildman–Crippen MR) is 73.4 cm³/mol. The van der Waals surface area contributed by atoms with Crippen molar-refractivity contribution in [2.24, 2.45) is 0 Å². The molecule has 1 aromatic heterocycles. The van der Waals surface area contributed by atoms with Crippen LogP contribution < -0.4 is 0 Å². The summed E-state index contributed by atoms with van der Waals surface area (Å²) in [6, 6.07) is 3.90. The number of hydrogen-bond acceptors (Lipinski definition) is 2. The lowest BCUT2D eigenvalue weighted by Crippen LogP contribution is -2.07. The lowest BCUT2D eigenvalue weighted by atomic mass is 10.1. The van der Waals surface area contributed by atoms with E-state index in [9.17, 15) is 4.79 Å². The summed E-state index contributed by atoms with van der Waals surface area (Å²) in [6.07, 6.45) is 0.733. The minimum Gasteiger partial charge on any atom is -0.461 e. The van der Waals surface area contributed by atoms with Crippen molar-refractivity contribution in [1.82, 2.24) is 4.98 Å². The molecule has 0 aliphatic heterocycles. The lowest BCUT2D eigenvalue weighted by Gasteiger charge is -2.02. The summed E-state index contributed by atoms with van der Waals surface area (Å²) in [7, 11) is 0. The van der Waals surface area contributed by atoms with E-state index in [0.29, 0.717) is 17.3 Å². The summed E-state index contributed by atoms with van der Waals surface area (Å²) < 4.78 is 5.06. The van der Waals surface area contributed by atoms with Crippen LogP contribution in [0.3, 0.4) is 0 Å². The molecule has 4 heteroatoms. The molecule has 0 saturated carbocycles. The number of halogens is 1. The Balaban J connectivity index is 2.68. The van der Waals surface area contributed by atoms with Gasteiger partial charge >= 0.3 is 5.97 Å². The molecule has 0 aliphatic carbocycles. The first-order chi connectivity index (χ1) is 8.58.